The van der Waals surface area contributed by atoms with E-state index in [1.54, 1.807) is 0 Å². The van der Waals surface area contributed by atoms with Crippen LogP contribution in [0.25, 0.3) is 0 Å². The third kappa shape index (κ3) is 3.66. The molecule has 0 aliphatic carbocycles. The number of benzene rings is 1. The van der Waals surface area contributed by atoms with Crippen LogP contribution in [0.5, 0.6) is 0 Å². The molecule has 2 rings (SSSR count). The molecule has 1 N–H and O–H groups in total. The minimum atomic E-state index is 0.318. The lowest BCUT2D eigenvalue weighted by atomic mass is 9.87. The number of nitrogens with one attached hydrogen (secondary N) is 1. The number of hydrogen-bond donors (Lipinski definition) is 1. The van der Waals surface area contributed by atoms with Crippen LogP contribution in [0.4, 0.5) is 0 Å². The van der Waals surface area contributed by atoms with Gasteiger partial charge in [-0.25, -0.2) is 0 Å². The summed E-state index contributed by atoms with van der Waals surface area (Å²) in [6.07, 6.45) is 1.24. The van der Waals surface area contributed by atoms with E-state index in [1.165, 1.54) is 23.5 Å². The molecule has 0 aromatic heterocycles. The molecule has 0 bridgehead atoms. The first-order chi connectivity index (χ1) is 8.48. The second-order valence-electron chi connectivity index (χ2n) is 5.99. The van der Waals surface area contributed by atoms with Crippen molar-refractivity contribution < 1.29 is 0 Å². The standard InChI is InChI=1S/C15H22ClNS/c1-11(13-6-4-5-7-14(13)16)17-12-8-15(2,3)10-18-9-12/h4-7,11-12,17H,8-10H2,1-3H3/t11-,12?/m0/s1. The Morgan fingerprint density at radius 1 is 1.39 bits per heavy atom. The molecule has 1 fully saturated rings. The highest BCUT2D eigenvalue weighted by Gasteiger charge is 2.29. The van der Waals surface area contributed by atoms with Crippen molar-refractivity contribution in [2.24, 2.45) is 5.41 Å². The molecule has 3 heteroatoms. The third-order valence-electron chi connectivity index (χ3n) is 3.47. The van der Waals surface area contributed by atoms with Crippen molar-refractivity contribution in [3.63, 3.8) is 0 Å². The van der Waals surface area contributed by atoms with Crippen LogP contribution in [-0.2, 0) is 0 Å². The van der Waals surface area contributed by atoms with Crippen LogP contribution < -0.4 is 5.32 Å². The summed E-state index contributed by atoms with van der Waals surface area (Å²) in [5.74, 6) is 2.48. The quantitative estimate of drug-likeness (QED) is 0.875. The Labute approximate surface area is 120 Å². The molecular formula is C15H22ClNS. The fraction of sp³-hybridized carbons (Fsp3) is 0.600. The molecule has 1 aliphatic heterocycles. The predicted octanol–water partition coefficient (Wildman–Crippen LogP) is 4.52. The molecule has 1 nitrogen and oxygen atoms in total. The van der Waals surface area contributed by atoms with E-state index < -0.39 is 0 Å². The van der Waals surface area contributed by atoms with E-state index in [4.69, 9.17) is 11.6 Å². The normalized spacial score (nSPS) is 24.8. The molecule has 1 aliphatic rings. The highest BCUT2D eigenvalue weighted by molar-refractivity contribution is 7.99. The van der Waals surface area contributed by atoms with Crippen LogP contribution in [0, 0.1) is 5.41 Å². The summed E-state index contributed by atoms with van der Waals surface area (Å²) in [5, 5.41) is 4.59. The molecule has 0 spiro atoms. The maximum absolute atomic E-state index is 6.25. The van der Waals surface area contributed by atoms with Gasteiger partial charge in [0.2, 0.25) is 0 Å². The first-order valence-electron chi connectivity index (χ1n) is 6.56. The minimum absolute atomic E-state index is 0.318. The summed E-state index contributed by atoms with van der Waals surface area (Å²) in [6.45, 7) is 6.91. The van der Waals surface area contributed by atoms with Crippen molar-refractivity contribution in [1.29, 1.82) is 0 Å². The van der Waals surface area contributed by atoms with Gasteiger partial charge in [-0.2, -0.15) is 11.8 Å². The SMILES string of the molecule is C[C@H](NC1CSCC(C)(C)C1)c1ccccc1Cl. The fourth-order valence-electron chi connectivity index (χ4n) is 2.64. The van der Waals surface area contributed by atoms with E-state index in [0.717, 1.165) is 5.02 Å². The van der Waals surface area contributed by atoms with Gasteiger partial charge in [0.15, 0.2) is 0 Å². The summed E-state index contributed by atoms with van der Waals surface area (Å²) in [6, 6.07) is 9.02. The van der Waals surface area contributed by atoms with Gasteiger partial charge in [-0.15, -0.1) is 0 Å². The zero-order chi connectivity index (χ0) is 13.2. The Kier molecular flexibility index (Phi) is 4.63. The van der Waals surface area contributed by atoms with Crippen LogP contribution in [0.3, 0.4) is 0 Å². The average Bonchev–Trinajstić information content (AvgIpc) is 2.28. The van der Waals surface area contributed by atoms with E-state index >= 15 is 0 Å². The Hall–Kier alpha value is -0.180. The Balaban J connectivity index is 1.99. The lowest BCUT2D eigenvalue weighted by Gasteiger charge is -2.36. The number of thioether (sulfide) groups is 1. The van der Waals surface area contributed by atoms with Crippen molar-refractivity contribution >= 4 is 23.4 Å². The summed E-state index contributed by atoms with van der Waals surface area (Å²) < 4.78 is 0. The van der Waals surface area contributed by atoms with Gasteiger partial charge < -0.3 is 5.32 Å². The van der Waals surface area contributed by atoms with Crippen molar-refractivity contribution in [1.82, 2.24) is 5.32 Å². The maximum atomic E-state index is 6.25. The van der Waals surface area contributed by atoms with Crippen molar-refractivity contribution in [2.45, 2.75) is 39.3 Å². The number of halogens is 1. The zero-order valence-corrected chi connectivity index (χ0v) is 12.9. The summed E-state index contributed by atoms with van der Waals surface area (Å²) in [7, 11) is 0. The van der Waals surface area contributed by atoms with Crippen molar-refractivity contribution in [2.75, 3.05) is 11.5 Å². The highest BCUT2D eigenvalue weighted by Crippen LogP contribution is 2.34. The molecular weight excluding hydrogens is 262 g/mol. The molecule has 1 aromatic carbocycles. The van der Waals surface area contributed by atoms with Crippen LogP contribution >= 0.6 is 23.4 Å². The first-order valence-corrected chi connectivity index (χ1v) is 8.09. The van der Waals surface area contributed by atoms with Gasteiger partial charge in [0.25, 0.3) is 0 Å². The van der Waals surface area contributed by atoms with E-state index in [9.17, 15) is 0 Å². The average molecular weight is 284 g/mol. The van der Waals surface area contributed by atoms with Gasteiger partial charge in [0.05, 0.1) is 0 Å². The molecule has 1 heterocycles. The van der Waals surface area contributed by atoms with Crippen molar-refractivity contribution in [3.8, 4) is 0 Å². The van der Waals surface area contributed by atoms with E-state index in [-0.39, 0.29) is 0 Å². The molecule has 18 heavy (non-hydrogen) atoms. The van der Waals surface area contributed by atoms with Gasteiger partial charge in [-0.3, -0.25) is 0 Å². The van der Waals surface area contributed by atoms with Crippen LogP contribution in [0.15, 0.2) is 24.3 Å². The largest absolute Gasteiger partial charge is 0.307 e. The number of hydrogen-bond acceptors (Lipinski definition) is 2. The van der Waals surface area contributed by atoms with E-state index in [0.29, 0.717) is 17.5 Å². The molecule has 100 valence electrons. The van der Waals surface area contributed by atoms with Gasteiger partial charge in [-0.05, 0) is 36.1 Å². The van der Waals surface area contributed by atoms with E-state index in [1.807, 2.05) is 12.1 Å². The molecule has 1 saturated heterocycles. The lowest BCUT2D eigenvalue weighted by Crippen LogP contribution is -2.41. The lowest BCUT2D eigenvalue weighted by molar-refractivity contribution is 0.305. The van der Waals surface area contributed by atoms with Gasteiger partial charge in [0, 0.05) is 22.9 Å². The molecule has 1 aromatic rings. The summed E-state index contributed by atoms with van der Waals surface area (Å²) >= 11 is 8.30. The molecule has 0 saturated carbocycles. The highest BCUT2D eigenvalue weighted by atomic mass is 35.5. The minimum Gasteiger partial charge on any atom is -0.307 e. The second kappa shape index (κ2) is 5.85. The zero-order valence-electron chi connectivity index (χ0n) is 11.4. The maximum Gasteiger partial charge on any atom is 0.0453 e. The van der Waals surface area contributed by atoms with Gasteiger partial charge in [0.1, 0.15) is 0 Å². The van der Waals surface area contributed by atoms with Gasteiger partial charge in [-0.1, -0.05) is 43.6 Å². The summed E-state index contributed by atoms with van der Waals surface area (Å²) in [5.41, 5.74) is 1.65. The Morgan fingerprint density at radius 3 is 2.78 bits per heavy atom. The third-order valence-corrected chi connectivity index (χ3v) is 5.44. The molecule has 0 amide bonds. The smallest absolute Gasteiger partial charge is 0.0453 e. The topological polar surface area (TPSA) is 12.0 Å². The molecule has 2 atom stereocenters. The summed E-state index contributed by atoms with van der Waals surface area (Å²) in [4.78, 5) is 0. The van der Waals surface area contributed by atoms with E-state index in [2.05, 4.69) is 50.0 Å². The Morgan fingerprint density at radius 2 is 2.11 bits per heavy atom. The monoisotopic (exact) mass is 283 g/mol. The van der Waals surface area contributed by atoms with Gasteiger partial charge >= 0.3 is 0 Å². The van der Waals surface area contributed by atoms with Crippen LogP contribution in [0.2, 0.25) is 5.02 Å². The molecule has 0 radical (unpaired) electrons. The van der Waals surface area contributed by atoms with Crippen LogP contribution in [0.1, 0.15) is 38.8 Å². The Bertz CT molecular complexity index is 405. The second-order valence-corrected chi connectivity index (χ2v) is 7.43. The van der Waals surface area contributed by atoms with Crippen molar-refractivity contribution in [3.05, 3.63) is 34.9 Å². The molecule has 1 unspecified atom stereocenters. The fourth-order valence-corrected chi connectivity index (χ4v) is 4.23. The van der Waals surface area contributed by atoms with Crippen LogP contribution in [-0.4, -0.2) is 17.5 Å². The first kappa shape index (κ1) is 14.2. The predicted molar refractivity (Wildman–Crippen MR) is 82.5 cm³/mol. The number of rotatable bonds is 3.